The van der Waals surface area contributed by atoms with Crippen molar-refractivity contribution in [3.05, 3.63) is 40.8 Å². The van der Waals surface area contributed by atoms with Crippen LogP contribution in [0, 0.1) is 6.92 Å². The van der Waals surface area contributed by atoms with Crippen LogP contribution < -0.4 is 0 Å². The van der Waals surface area contributed by atoms with Gasteiger partial charge in [0, 0.05) is 23.2 Å². The second-order valence-corrected chi connectivity index (χ2v) is 4.18. The lowest BCUT2D eigenvalue weighted by atomic mass is 10.2. The average molecular weight is 215 g/mol. The Morgan fingerprint density at radius 2 is 2.27 bits per heavy atom. The van der Waals surface area contributed by atoms with Gasteiger partial charge < -0.3 is 0 Å². The molecule has 15 heavy (non-hydrogen) atoms. The van der Waals surface area contributed by atoms with Crippen LogP contribution >= 0.6 is 11.3 Å². The van der Waals surface area contributed by atoms with Gasteiger partial charge in [0.1, 0.15) is 0 Å². The van der Waals surface area contributed by atoms with E-state index in [1.807, 2.05) is 29.8 Å². The van der Waals surface area contributed by atoms with Crippen molar-refractivity contribution in [2.45, 2.75) is 6.92 Å². The first kappa shape index (κ1) is 8.61. The molecule has 4 heteroatoms. The van der Waals surface area contributed by atoms with E-state index in [-0.39, 0.29) is 0 Å². The molecule has 3 heterocycles. The first-order valence-electron chi connectivity index (χ1n) is 4.68. The highest BCUT2D eigenvalue weighted by Crippen LogP contribution is 2.22. The van der Waals surface area contributed by atoms with Crippen molar-refractivity contribution < 1.29 is 0 Å². The van der Waals surface area contributed by atoms with Crippen LogP contribution in [0.3, 0.4) is 0 Å². The molecule has 0 aliphatic carbocycles. The average Bonchev–Trinajstić information content (AvgIpc) is 2.82. The monoisotopic (exact) mass is 215 g/mol. The number of fused-ring (bicyclic) bond motifs is 1. The fraction of sp³-hybridized carbons (Fsp3) is 0.0909. The minimum absolute atomic E-state index is 0.899. The van der Waals surface area contributed by atoms with Crippen LogP contribution in [0.2, 0.25) is 0 Å². The molecule has 0 aliphatic rings. The molecular weight excluding hydrogens is 206 g/mol. The van der Waals surface area contributed by atoms with Crippen LogP contribution in [0.1, 0.15) is 5.69 Å². The van der Waals surface area contributed by atoms with Crippen LogP contribution in [0.15, 0.2) is 35.2 Å². The van der Waals surface area contributed by atoms with E-state index in [4.69, 9.17) is 0 Å². The summed E-state index contributed by atoms with van der Waals surface area (Å²) in [4.78, 5) is 4.28. The maximum atomic E-state index is 4.43. The van der Waals surface area contributed by atoms with Gasteiger partial charge in [-0.05, 0) is 24.4 Å². The predicted molar refractivity (Wildman–Crippen MR) is 61.0 cm³/mol. The lowest BCUT2D eigenvalue weighted by Crippen LogP contribution is -1.94. The normalized spacial score (nSPS) is 11.0. The molecule has 3 rings (SSSR count). The number of hydrogen-bond acceptors (Lipinski definition) is 3. The smallest absolute Gasteiger partial charge is 0.155 e. The molecule has 3 nitrogen and oxygen atoms in total. The summed E-state index contributed by atoms with van der Waals surface area (Å²) in [5, 5.41) is 8.61. The summed E-state index contributed by atoms with van der Waals surface area (Å²) in [6, 6.07) is 6.06. The van der Waals surface area contributed by atoms with Gasteiger partial charge >= 0.3 is 0 Å². The third-order valence-electron chi connectivity index (χ3n) is 2.30. The second-order valence-electron chi connectivity index (χ2n) is 3.40. The van der Waals surface area contributed by atoms with Crippen LogP contribution in [0.4, 0.5) is 0 Å². The van der Waals surface area contributed by atoms with Gasteiger partial charge in [0.25, 0.3) is 0 Å². The molecular formula is C11H9N3S. The Morgan fingerprint density at radius 1 is 1.33 bits per heavy atom. The highest BCUT2D eigenvalue weighted by molar-refractivity contribution is 7.08. The van der Waals surface area contributed by atoms with Crippen molar-refractivity contribution in [3.8, 4) is 11.3 Å². The van der Waals surface area contributed by atoms with Crippen molar-refractivity contribution in [2.24, 2.45) is 0 Å². The van der Waals surface area contributed by atoms with E-state index in [1.54, 1.807) is 11.3 Å². The number of aromatic nitrogens is 3. The van der Waals surface area contributed by atoms with E-state index in [2.05, 4.69) is 26.9 Å². The zero-order chi connectivity index (χ0) is 10.3. The summed E-state index contributed by atoms with van der Waals surface area (Å²) in [6.07, 6.45) is 1.82. The predicted octanol–water partition coefficient (Wildman–Crippen LogP) is 2.77. The van der Waals surface area contributed by atoms with Gasteiger partial charge in [-0.15, -0.1) is 0 Å². The second kappa shape index (κ2) is 3.17. The van der Waals surface area contributed by atoms with E-state index in [1.165, 1.54) is 5.56 Å². The molecule has 0 saturated carbocycles. The Kier molecular flexibility index (Phi) is 1.82. The third kappa shape index (κ3) is 1.34. The zero-order valence-electron chi connectivity index (χ0n) is 8.21. The minimum Gasteiger partial charge on any atom is -0.237 e. The largest absolute Gasteiger partial charge is 0.237 e. The van der Waals surface area contributed by atoms with E-state index in [9.17, 15) is 0 Å². The Hall–Kier alpha value is -1.68. The maximum Gasteiger partial charge on any atom is 0.155 e. The number of thiophene rings is 1. The lowest BCUT2D eigenvalue weighted by Gasteiger charge is -2.00. The number of hydrogen-bond donors (Lipinski definition) is 0. The quantitative estimate of drug-likeness (QED) is 0.624. The number of aryl methyl sites for hydroxylation is 1. The van der Waals surface area contributed by atoms with Crippen molar-refractivity contribution in [2.75, 3.05) is 0 Å². The van der Waals surface area contributed by atoms with E-state index < -0.39 is 0 Å². The van der Waals surface area contributed by atoms with Crippen LogP contribution in [0.25, 0.3) is 16.9 Å². The van der Waals surface area contributed by atoms with Crippen LogP contribution in [-0.4, -0.2) is 14.6 Å². The van der Waals surface area contributed by atoms with Gasteiger partial charge in [0.05, 0.1) is 11.4 Å². The molecule has 3 aromatic rings. The van der Waals surface area contributed by atoms with Crippen LogP contribution in [-0.2, 0) is 0 Å². The van der Waals surface area contributed by atoms with Gasteiger partial charge in [-0.1, -0.05) is 0 Å². The summed E-state index contributed by atoms with van der Waals surface area (Å²) in [6.45, 7) is 1.98. The minimum atomic E-state index is 0.899. The first-order chi connectivity index (χ1) is 7.34. The summed E-state index contributed by atoms with van der Waals surface area (Å²) in [5.41, 5.74) is 4.17. The molecule has 0 unspecified atom stereocenters. The summed E-state index contributed by atoms with van der Waals surface area (Å²) >= 11 is 1.69. The molecule has 0 spiro atoms. The Labute approximate surface area is 91.0 Å². The molecule has 0 bridgehead atoms. The summed E-state index contributed by atoms with van der Waals surface area (Å²) in [7, 11) is 0. The first-order valence-corrected chi connectivity index (χ1v) is 5.63. The van der Waals surface area contributed by atoms with E-state index >= 15 is 0 Å². The SMILES string of the molecule is Cc1cc2nccc(-c3ccsc3)n2n1. The molecule has 0 fully saturated rings. The molecule has 3 aromatic heterocycles. The molecule has 0 N–H and O–H groups in total. The fourth-order valence-corrected chi connectivity index (χ4v) is 2.29. The standard InChI is InChI=1S/C11H9N3S/c1-8-6-11-12-4-2-10(14(11)13-8)9-3-5-15-7-9/h2-7H,1H3. The zero-order valence-corrected chi connectivity index (χ0v) is 9.03. The molecule has 0 aromatic carbocycles. The Balaban J connectivity index is 2.35. The van der Waals surface area contributed by atoms with Gasteiger partial charge in [-0.25, -0.2) is 9.50 Å². The molecule has 0 radical (unpaired) electrons. The molecule has 0 atom stereocenters. The molecule has 74 valence electrons. The van der Waals surface area contributed by atoms with Crippen LogP contribution in [0.5, 0.6) is 0 Å². The maximum absolute atomic E-state index is 4.43. The number of rotatable bonds is 1. The van der Waals surface area contributed by atoms with Crippen molar-refractivity contribution in [1.29, 1.82) is 0 Å². The number of nitrogens with zero attached hydrogens (tertiary/aromatic N) is 3. The van der Waals surface area contributed by atoms with Gasteiger partial charge in [-0.2, -0.15) is 16.4 Å². The highest BCUT2D eigenvalue weighted by atomic mass is 32.1. The topological polar surface area (TPSA) is 30.2 Å². The van der Waals surface area contributed by atoms with Gasteiger partial charge in [0.15, 0.2) is 5.65 Å². The van der Waals surface area contributed by atoms with Gasteiger partial charge in [-0.3, -0.25) is 0 Å². The Morgan fingerprint density at radius 3 is 3.07 bits per heavy atom. The third-order valence-corrected chi connectivity index (χ3v) is 2.98. The highest BCUT2D eigenvalue weighted by Gasteiger charge is 2.06. The fourth-order valence-electron chi connectivity index (χ4n) is 1.64. The molecule has 0 amide bonds. The van der Waals surface area contributed by atoms with Crippen molar-refractivity contribution >= 4 is 17.0 Å². The summed E-state index contributed by atoms with van der Waals surface area (Å²) in [5.74, 6) is 0. The van der Waals surface area contributed by atoms with Crippen molar-refractivity contribution in [3.63, 3.8) is 0 Å². The molecule has 0 saturated heterocycles. The van der Waals surface area contributed by atoms with E-state index in [0.717, 1.165) is 17.0 Å². The summed E-state index contributed by atoms with van der Waals surface area (Å²) < 4.78 is 1.89. The lowest BCUT2D eigenvalue weighted by molar-refractivity contribution is 0.925. The molecule has 0 aliphatic heterocycles. The Bertz CT molecular complexity index is 595. The van der Waals surface area contributed by atoms with Gasteiger partial charge in [0.2, 0.25) is 0 Å². The van der Waals surface area contributed by atoms with E-state index in [0.29, 0.717) is 0 Å². The van der Waals surface area contributed by atoms with Crippen molar-refractivity contribution in [1.82, 2.24) is 14.6 Å².